The van der Waals surface area contributed by atoms with Crippen molar-refractivity contribution in [1.29, 1.82) is 0 Å². The van der Waals surface area contributed by atoms with Crippen molar-refractivity contribution in [3.63, 3.8) is 0 Å². The summed E-state index contributed by atoms with van der Waals surface area (Å²) in [5.74, 6) is -0.732. The van der Waals surface area contributed by atoms with Gasteiger partial charge in [-0.25, -0.2) is 0 Å². The van der Waals surface area contributed by atoms with Gasteiger partial charge < -0.3 is 25.8 Å². The van der Waals surface area contributed by atoms with E-state index >= 15 is 0 Å². The molecule has 3 unspecified atom stereocenters. The summed E-state index contributed by atoms with van der Waals surface area (Å²) < 4.78 is 0. The average molecular weight is 686 g/mol. The van der Waals surface area contributed by atoms with Gasteiger partial charge in [-0.05, 0) is 86.3 Å². The van der Waals surface area contributed by atoms with Crippen molar-refractivity contribution in [3.8, 4) is 11.1 Å². The molecule has 264 valence electrons. The molecule has 1 aromatic heterocycles. The van der Waals surface area contributed by atoms with Crippen LogP contribution in [0.2, 0.25) is 0 Å². The first-order valence-electron chi connectivity index (χ1n) is 17.7. The minimum absolute atomic E-state index is 0.178. The van der Waals surface area contributed by atoms with Gasteiger partial charge in [-0.15, -0.1) is 11.3 Å². The van der Waals surface area contributed by atoms with Gasteiger partial charge >= 0.3 is 0 Å². The molecule has 1 aliphatic heterocycles. The highest BCUT2D eigenvalue weighted by Crippen LogP contribution is 2.23. The van der Waals surface area contributed by atoms with Gasteiger partial charge in [0.15, 0.2) is 0 Å². The lowest BCUT2D eigenvalue weighted by Gasteiger charge is -2.34. The average Bonchev–Trinajstić information content (AvgIpc) is 3.80. The lowest BCUT2D eigenvalue weighted by atomic mass is 9.90. The van der Waals surface area contributed by atoms with Crippen LogP contribution in [-0.4, -0.2) is 90.3 Å². The topological polar surface area (TPSA) is 99.0 Å². The quantitative estimate of drug-likeness (QED) is 0.172. The summed E-state index contributed by atoms with van der Waals surface area (Å²) in [5.41, 5.74) is 9.21. The summed E-state index contributed by atoms with van der Waals surface area (Å²) in [6, 6.07) is 21.1. The van der Waals surface area contributed by atoms with Crippen LogP contribution in [0.3, 0.4) is 0 Å². The first kappa shape index (κ1) is 38.0. The predicted octanol–water partition coefficient (Wildman–Crippen LogP) is 5.92. The molecule has 3 N–H and O–H groups in total. The van der Waals surface area contributed by atoms with E-state index in [0.717, 1.165) is 53.8 Å². The number of carbonyl (C=O) groups excluding carboxylic acids is 3. The van der Waals surface area contributed by atoms with E-state index in [9.17, 15) is 14.4 Å². The second-order valence-corrected chi connectivity index (χ2v) is 14.5. The smallest absolute Gasteiger partial charge is 0.246 e. The Hall–Kier alpha value is -3.79. The Morgan fingerprint density at radius 3 is 2.27 bits per heavy atom. The fourth-order valence-corrected chi connectivity index (χ4v) is 7.26. The van der Waals surface area contributed by atoms with Crippen LogP contribution in [-0.2, 0) is 27.2 Å². The van der Waals surface area contributed by atoms with Crippen molar-refractivity contribution in [2.24, 2.45) is 5.73 Å². The van der Waals surface area contributed by atoms with Gasteiger partial charge in [-0.3, -0.25) is 14.4 Å². The third kappa shape index (κ3) is 10.6. The van der Waals surface area contributed by atoms with Gasteiger partial charge in [-0.2, -0.15) is 0 Å². The number of hydrogen-bond donors (Lipinski definition) is 2. The van der Waals surface area contributed by atoms with Crippen LogP contribution in [0.15, 0.2) is 84.3 Å². The summed E-state index contributed by atoms with van der Waals surface area (Å²) in [5, 5.41) is 5.12. The molecule has 3 aromatic rings. The largest absolute Gasteiger partial charge is 0.354 e. The Labute approximate surface area is 297 Å². The van der Waals surface area contributed by atoms with Crippen LogP contribution in [0.25, 0.3) is 11.1 Å². The maximum Gasteiger partial charge on any atom is 0.246 e. The number of thiophene rings is 1. The number of benzene rings is 2. The first-order chi connectivity index (χ1) is 23.5. The number of amides is 3. The van der Waals surface area contributed by atoms with Crippen LogP contribution in [0.4, 0.5) is 0 Å². The standard InChI is InChI=1S/C40H55N5O3S/c1-6-40(41,7-2)24-11-18-37(46)44(4)36(28-30-19-21-32(22-20-30)31-14-9-8-10-15-31)39(48)45(5)35(29-34-17-13-27-49-34)38(47)42-25-23-33-16-12-26-43(33)3/h8-11,13-15,17-22,27,33,35-36H,6-7,12,16,23-26,28-29,41H2,1-5H3,(H,42,47)/b18-11+. The second kappa shape index (κ2) is 18.3. The minimum atomic E-state index is -0.824. The molecule has 49 heavy (non-hydrogen) atoms. The third-order valence-corrected chi connectivity index (χ3v) is 11.2. The van der Waals surface area contributed by atoms with Crippen LogP contribution in [0, 0.1) is 0 Å². The second-order valence-electron chi connectivity index (χ2n) is 13.5. The zero-order valence-electron chi connectivity index (χ0n) is 29.9. The molecule has 9 heteroatoms. The number of carbonyl (C=O) groups is 3. The van der Waals surface area contributed by atoms with E-state index in [4.69, 9.17) is 5.73 Å². The number of likely N-dealkylation sites (N-methyl/N-ethyl adjacent to an activating group) is 2. The minimum Gasteiger partial charge on any atom is -0.354 e. The van der Waals surface area contributed by atoms with Gasteiger partial charge in [0.2, 0.25) is 17.7 Å². The monoisotopic (exact) mass is 685 g/mol. The number of hydrogen-bond acceptors (Lipinski definition) is 6. The van der Waals surface area contributed by atoms with Gasteiger partial charge in [-0.1, -0.05) is 80.6 Å². The number of nitrogens with two attached hydrogens (primary N) is 1. The fourth-order valence-electron chi connectivity index (χ4n) is 6.52. The number of nitrogens with zero attached hydrogens (tertiary/aromatic N) is 3. The lowest BCUT2D eigenvalue weighted by molar-refractivity contribution is -0.146. The van der Waals surface area contributed by atoms with Crippen LogP contribution < -0.4 is 11.1 Å². The molecule has 4 rings (SSSR count). The van der Waals surface area contributed by atoms with E-state index in [0.29, 0.717) is 31.8 Å². The molecule has 0 saturated carbocycles. The summed E-state index contributed by atoms with van der Waals surface area (Å²) in [6.45, 7) is 5.73. The van der Waals surface area contributed by atoms with Crippen molar-refractivity contribution >= 4 is 29.1 Å². The maximum absolute atomic E-state index is 14.5. The van der Waals surface area contributed by atoms with Crippen molar-refractivity contribution in [1.82, 2.24) is 20.0 Å². The van der Waals surface area contributed by atoms with Crippen molar-refractivity contribution in [2.75, 3.05) is 34.2 Å². The molecule has 2 heterocycles. The molecule has 2 aromatic carbocycles. The Kier molecular flexibility index (Phi) is 14.2. The number of nitrogens with one attached hydrogen (secondary N) is 1. The summed E-state index contributed by atoms with van der Waals surface area (Å²) >= 11 is 1.57. The van der Waals surface area contributed by atoms with Crippen LogP contribution >= 0.6 is 11.3 Å². The maximum atomic E-state index is 14.5. The Bertz CT molecular complexity index is 1500. The van der Waals surface area contributed by atoms with E-state index < -0.39 is 12.1 Å². The Balaban J connectivity index is 1.57. The molecule has 3 atom stereocenters. The van der Waals surface area contributed by atoms with Crippen molar-refractivity contribution in [3.05, 3.63) is 94.7 Å². The van der Waals surface area contributed by atoms with E-state index in [1.165, 1.54) is 17.4 Å². The van der Waals surface area contributed by atoms with E-state index in [2.05, 4.69) is 43.2 Å². The Morgan fingerprint density at radius 2 is 1.65 bits per heavy atom. The van der Waals surface area contributed by atoms with Crippen molar-refractivity contribution < 1.29 is 14.4 Å². The summed E-state index contributed by atoms with van der Waals surface area (Å²) in [4.78, 5) is 48.3. The van der Waals surface area contributed by atoms with E-state index in [1.807, 2.05) is 66.1 Å². The Morgan fingerprint density at radius 1 is 0.959 bits per heavy atom. The summed E-state index contributed by atoms with van der Waals surface area (Å²) in [7, 11) is 5.49. The molecule has 1 aliphatic rings. The predicted molar refractivity (Wildman–Crippen MR) is 201 cm³/mol. The zero-order valence-corrected chi connectivity index (χ0v) is 30.8. The third-order valence-electron chi connectivity index (χ3n) is 10.3. The van der Waals surface area contributed by atoms with Gasteiger partial charge in [0.25, 0.3) is 0 Å². The van der Waals surface area contributed by atoms with E-state index in [-0.39, 0.29) is 23.3 Å². The first-order valence-corrected chi connectivity index (χ1v) is 18.6. The summed E-state index contributed by atoms with van der Waals surface area (Å²) in [6.07, 6.45) is 9.41. The molecule has 1 fully saturated rings. The highest BCUT2D eigenvalue weighted by atomic mass is 32.1. The molecule has 3 amide bonds. The molecule has 0 radical (unpaired) electrons. The molecule has 0 aliphatic carbocycles. The molecular weight excluding hydrogens is 631 g/mol. The molecule has 8 nitrogen and oxygen atoms in total. The van der Waals surface area contributed by atoms with Crippen LogP contribution in [0.1, 0.15) is 62.8 Å². The number of likely N-dealkylation sites (tertiary alicyclic amines) is 1. The molecule has 1 saturated heterocycles. The van der Waals surface area contributed by atoms with Crippen LogP contribution in [0.5, 0.6) is 0 Å². The normalized spacial score (nSPS) is 16.4. The van der Waals surface area contributed by atoms with Gasteiger partial charge in [0, 0.05) is 49.9 Å². The number of rotatable bonds is 17. The SMILES string of the molecule is CCC(N)(CC)C/C=C/C(=O)N(C)C(Cc1ccc(-c2ccccc2)cc1)C(=O)N(C)C(Cc1cccs1)C(=O)NCCC1CCCN1C. The molecule has 0 spiro atoms. The van der Waals surface area contributed by atoms with Gasteiger partial charge in [0.1, 0.15) is 12.1 Å². The van der Waals surface area contributed by atoms with Crippen molar-refractivity contribution in [2.45, 2.75) is 88.9 Å². The highest BCUT2D eigenvalue weighted by molar-refractivity contribution is 7.09. The van der Waals surface area contributed by atoms with Gasteiger partial charge in [0.05, 0.1) is 0 Å². The zero-order chi connectivity index (χ0) is 35.4. The highest BCUT2D eigenvalue weighted by Gasteiger charge is 2.35. The fraction of sp³-hybridized carbons (Fsp3) is 0.475. The lowest BCUT2D eigenvalue weighted by Crippen LogP contribution is -2.56. The molecule has 0 bridgehead atoms. The molecular formula is C40H55N5O3S. The van der Waals surface area contributed by atoms with E-state index in [1.54, 1.807) is 30.3 Å².